The van der Waals surface area contributed by atoms with Gasteiger partial charge in [-0.05, 0) is 23.6 Å². The van der Waals surface area contributed by atoms with Crippen molar-refractivity contribution in [1.29, 1.82) is 0 Å². The molecule has 6 nitrogen and oxygen atoms in total. The standard InChI is InChI=1S/C17H20N4O2/c1-2-13-3-5-14(6-4-13)16-12-21(9-10-23-16)17(22)20-15-7-8-18-19-11-15/h3-8,11,16H,2,9-10,12H2,1H3,(H,18,20,22)/t16-/m1/s1. The molecule has 2 amide bonds. The Morgan fingerprint density at radius 1 is 1.30 bits per heavy atom. The lowest BCUT2D eigenvalue weighted by atomic mass is 10.0. The number of anilines is 1. The highest BCUT2D eigenvalue weighted by atomic mass is 16.5. The van der Waals surface area contributed by atoms with Crippen molar-refractivity contribution in [2.24, 2.45) is 0 Å². The number of rotatable bonds is 3. The predicted octanol–water partition coefficient (Wildman–Crippen LogP) is 2.64. The highest BCUT2D eigenvalue weighted by Gasteiger charge is 2.25. The lowest BCUT2D eigenvalue weighted by molar-refractivity contribution is -0.0135. The monoisotopic (exact) mass is 312 g/mol. The molecular weight excluding hydrogens is 292 g/mol. The molecular formula is C17H20N4O2. The fourth-order valence-corrected chi connectivity index (χ4v) is 2.57. The molecule has 0 aliphatic carbocycles. The Labute approximate surface area is 135 Å². The van der Waals surface area contributed by atoms with E-state index in [0.717, 1.165) is 12.0 Å². The second kappa shape index (κ2) is 7.19. The number of carbonyl (C=O) groups excluding carboxylic acids is 1. The summed E-state index contributed by atoms with van der Waals surface area (Å²) in [4.78, 5) is 14.1. The molecule has 1 atom stereocenters. The van der Waals surface area contributed by atoms with E-state index in [1.165, 1.54) is 11.8 Å². The Balaban J connectivity index is 1.64. The van der Waals surface area contributed by atoms with Crippen LogP contribution in [0.2, 0.25) is 0 Å². The van der Waals surface area contributed by atoms with Crippen LogP contribution in [0, 0.1) is 0 Å². The molecule has 0 spiro atoms. The van der Waals surface area contributed by atoms with E-state index in [1.807, 2.05) is 0 Å². The van der Waals surface area contributed by atoms with E-state index >= 15 is 0 Å². The maximum atomic E-state index is 12.4. The Morgan fingerprint density at radius 2 is 2.13 bits per heavy atom. The van der Waals surface area contributed by atoms with Crippen LogP contribution in [0.15, 0.2) is 42.7 Å². The van der Waals surface area contributed by atoms with Crippen molar-refractivity contribution in [3.63, 3.8) is 0 Å². The SMILES string of the molecule is CCc1ccc([C@H]2CN(C(=O)Nc3ccnnc3)CCO2)cc1. The fraction of sp³-hybridized carbons (Fsp3) is 0.353. The van der Waals surface area contributed by atoms with Crippen molar-refractivity contribution in [3.05, 3.63) is 53.9 Å². The van der Waals surface area contributed by atoms with Crippen molar-refractivity contribution in [2.45, 2.75) is 19.4 Å². The van der Waals surface area contributed by atoms with Crippen LogP contribution in [-0.2, 0) is 11.2 Å². The van der Waals surface area contributed by atoms with Crippen LogP contribution in [0.5, 0.6) is 0 Å². The molecule has 23 heavy (non-hydrogen) atoms. The Bertz CT molecular complexity index is 645. The second-order valence-corrected chi connectivity index (χ2v) is 5.46. The Morgan fingerprint density at radius 3 is 2.83 bits per heavy atom. The number of morpholine rings is 1. The molecule has 1 aliphatic rings. The summed E-state index contributed by atoms with van der Waals surface area (Å²) in [6, 6.07) is 9.96. The first-order valence-corrected chi connectivity index (χ1v) is 7.79. The zero-order valence-corrected chi connectivity index (χ0v) is 13.1. The quantitative estimate of drug-likeness (QED) is 0.946. The van der Waals surface area contributed by atoms with Crippen LogP contribution in [-0.4, -0.2) is 40.8 Å². The highest BCUT2D eigenvalue weighted by Crippen LogP contribution is 2.23. The first kappa shape index (κ1) is 15.4. The third-order valence-electron chi connectivity index (χ3n) is 3.95. The maximum absolute atomic E-state index is 12.4. The van der Waals surface area contributed by atoms with E-state index in [1.54, 1.807) is 17.2 Å². The number of nitrogens with zero attached hydrogens (tertiary/aromatic N) is 3. The van der Waals surface area contributed by atoms with Crippen LogP contribution in [0.3, 0.4) is 0 Å². The van der Waals surface area contributed by atoms with E-state index in [9.17, 15) is 4.79 Å². The van der Waals surface area contributed by atoms with Gasteiger partial charge in [0.25, 0.3) is 0 Å². The molecule has 1 N–H and O–H groups in total. The zero-order chi connectivity index (χ0) is 16.1. The van der Waals surface area contributed by atoms with Gasteiger partial charge >= 0.3 is 6.03 Å². The number of benzene rings is 1. The van der Waals surface area contributed by atoms with Gasteiger partial charge in [0.15, 0.2) is 0 Å². The minimum Gasteiger partial charge on any atom is -0.370 e. The number of carbonyl (C=O) groups is 1. The average molecular weight is 312 g/mol. The van der Waals surface area contributed by atoms with Gasteiger partial charge in [0.1, 0.15) is 6.10 Å². The number of hydrogen-bond acceptors (Lipinski definition) is 4. The van der Waals surface area contributed by atoms with E-state index in [4.69, 9.17) is 4.74 Å². The van der Waals surface area contributed by atoms with Gasteiger partial charge in [-0.1, -0.05) is 31.2 Å². The van der Waals surface area contributed by atoms with Gasteiger partial charge in [-0.2, -0.15) is 10.2 Å². The van der Waals surface area contributed by atoms with Crippen molar-refractivity contribution in [2.75, 3.05) is 25.0 Å². The lowest BCUT2D eigenvalue weighted by Crippen LogP contribution is -2.44. The Kier molecular flexibility index (Phi) is 4.83. The number of aryl methyl sites for hydroxylation is 1. The highest BCUT2D eigenvalue weighted by molar-refractivity contribution is 5.89. The molecule has 1 aromatic carbocycles. The van der Waals surface area contributed by atoms with Crippen LogP contribution in [0.25, 0.3) is 0 Å². The maximum Gasteiger partial charge on any atom is 0.322 e. The molecule has 0 bridgehead atoms. The molecule has 3 rings (SSSR count). The zero-order valence-electron chi connectivity index (χ0n) is 13.1. The number of amides is 2. The molecule has 1 aliphatic heterocycles. The molecule has 6 heteroatoms. The smallest absolute Gasteiger partial charge is 0.322 e. The minimum absolute atomic E-state index is 0.0871. The summed E-state index contributed by atoms with van der Waals surface area (Å²) in [7, 11) is 0. The Hall–Kier alpha value is -2.47. The van der Waals surface area contributed by atoms with Crippen molar-refractivity contribution in [3.8, 4) is 0 Å². The van der Waals surface area contributed by atoms with Crippen molar-refractivity contribution in [1.82, 2.24) is 15.1 Å². The molecule has 1 fully saturated rings. The van der Waals surface area contributed by atoms with Crippen LogP contribution < -0.4 is 5.32 Å². The summed E-state index contributed by atoms with van der Waals surface area (Å²) < 4.78 is 5.82. The average Bonchev–Trinajstić information content (AvgIpc) is 2.63. The third kappa shape index (κ3) is 3.84. The van der Waals surface area contributed by atoms with Crippen LogP contribution in [0.1, 0.15) is 24.2 Å². The summed E-state index contributed by atoms with van der Waals surface area (Å²) in [5, 5.41) is 10.3. The fourth-order valence-electron chi connectivity index (χ4n) is 2.57. The van der Waals surface area contributed by atoms with E-state index in [2.05, 4.69) is 46.7 Å². The molecule has 0 saturated carbocycles. The van der Waals surface area contributed by atoms with E-state index < -0.39 is 0 Å². The van der Waals surface area contributed by atoms with Crippen molar-refractivity contribution >= 4 is 11.7 Å². The number of hydrogen-bond donors (Lipinski definition) is 1. The summed E-state index contributed by atoms with van der Waals surface area (Å²) in [5.74, 6) is 0. The summed E-state index contributed by atoms with van der Waals surface area (Å²) in [6.07, 6.45) is 4.00. The van der Waals surface area contributed by atoms with Crippen LogP contribution >= 0.6 is 0 Å². The molecule has 0 unspecified atom stereocenters. The summed E-state index contributed by atoms with van der Waals surface area (Å²) in [5.41, 5.74) is 3.04. The lowest BCUT2D eigenvalue weighted by Gasteiger charge is -2.33. The normalized spacial score (nSPS) is 17.8. The van der Waals surface area contributed by atoms with Gasteiger partial charge in [0.2, 0.25) is 0 Å². The topological polar surface area (TPSA) is 67.4 Å². The summed E-state index contributed by atoms with van der Waals surface area (Å²) >= 11 is 0. The first-order valence-electron chi connectivity index (χ1n) is 7.79. The second-order valence-electron chi connectivity index (χ2n) is 5.46. The number of nitrogens with one attached hydrogen (secondary N) is 1. The van der Waals surface area contributed by atoms with Gasteiger partial charge in [-0.3, -0.25) is 0 Å². The van der Waals surface area contributed by atoms with Crippen molar-refractivity contribution < 1.29 is 9.53 Å². The van der Waals surface area contributed by atoms with E-state index in [0.29, 0.717) is 25.4 Å². The summed E-state index contributed by atoms with van der Waals surface area (Å²) in [6.45, 7) is 3.78. The predicted molar refractivity (Wildman–Crippen MR) is 87.1 cm³/mol. The minimum atomic E-state index is -0.142. The molecule has 0 radical (unpaired) electrons. The number of aromatic nitrogens is 2. The number of urea groups is 1. The van der Waals surface area contributed by atoms with Gasteiger partial charge in [0, 0.05) is 6.54 Å². The largest absolute Gasteiger partial charge is 0.370 e. The van der Waals surface area contributed by atoms with Gasteiger partial charge in [-0.15, -0.1) is 0 Å². The molecule has 2 heterocycles. The van der Waals surface area contributed by atoms with Gasteiger partial charge < -0.3 is 15.0 Å². The third-order valence-corrected chi connectivity index (χ3v) is 3.95. The molecule has 2 aromatic rings. The van der Waals surface area contributed by atoms with E-state index in [-0.39, 0.29) is 12.1 Å². The van der Waals surface area contributed by atoms with Crippen LogP contribution in [0.4, 0.5) is 10.5 Å². The van der Waals surface area contributed by atoms with Gasteiger partial charge in [0.05, 0.1) is 31.2 Å². The van der Waals surface area contributed by atoms with Gasteiger partial charge in [-0.25, -0.2) is 4.79 Å². The molecule has 1 aromatic heterocycles. The number of ether oxygens (including phenoxy) is 1. The molecule has 120 valence electrons. The first-order chi connectivity index (χ1) is 11.3. The molecule has 1 saturated heterocycles.